The minimum Gasteiger partial charge on any atom is -0.487 e. The number of benzene rings is 1. The number of carbonyl (C=O) groups is 10. The van der Waals surface area contributed by atoms with Gasteiger partial charge in [-0.05, 0) is 324 Å². The number of fused-ring (bicyclic) bond motifs is 15. The van der Waals surface area contributed by atoms with E-state index in [4.69, 9.17) is 4.74 Å². The van der Waals surface area contributed by atoms with Crippen molar-refractivity contribution >= 4 is 58.0 Å². The van der Waals surface area contributed by atoms with E-state index in [1.54, 1.807) is 6.08 Å². The highest BCUT2D eigenvalue weighted by molar-refractivity contribution is 6.00. The Kier molecular flexibility index (Phi) is 40.0. The minimum absolute atomic E-state index is 0.0521. The maximum atomic E-state index is 13.0. The first-order chi connectivity index (χ1) is 65.2. The van der Waals surface area contributed by atoms with Crippen LogP contribution in [0.1, 0.15) is 473 Å². The van der Waals surface area contributed by atoms with Crippen LogP contribution in [0.4, 0.5) is 0 Å². The molecule has 21 atom stereocenters. The van der Waals surface area contributed by atoms with Gasteiger partial charge < -0.3 is 9.47 Å². The van der Waals surface area contributed by atoms with Gasteiger partial charge in [0.05, 0.1) is 7.11 Å². The summed E-state index contributed by atoms with van der Waals surface area (Å²) in [5, 5.41) is 0. The molecule has 139 heavy (non-hydrogen) atoms. The van der Waals surface area contributed by atoms with Crippen LogP contribution in [-0.2, 0) is 69.9 Å². The fourth-order valence-corrected chi connectivity index (χ4v) is 31.6. The van der Waals surface area contributed by atoms with Crippen LogP contribution in [0.5, 0.6) is 5.75 Å². The average molecular weight is 1920 g/mol. The summed E-state index contributed by atoms with van der Waals surface area (Å²) in [4.78, 5) is 116. The lowest BCUT2D eigenvalue weighted by Crippen LogP contribution is -2.40. The van der Waals surface area contributed by atoms with Crippen molar-refractivity contribution in [2.45, 2.75) is 479 Å². The fraction of sp³-hybridized carbons (Fsp3) is 0.795. The smallest absolute Gasteiger partial charge is 0.305 e. The summed E-state index contributed by atoms with van der Waals surface area (Å²) >= 11 is 0. The topological polar surface area (TPSA) is 189 Å². The van der Waals surface area contributed by atoms with Gasteiger partial charge in [0, 0.05) is 110 Å². The first kappa shape index (κ1) is 115. The average Bonchev–Trinajstić information content (AvgIpc) is 1.56. The summed E-state index contributed by atoms with van der Waals surface area (Å²) in [7, 11) is 1.41. The molecular formula is C127H200O12. The fourth-order valence-electron chi connectivity index (χ4n) is 31.6. The number of allylic oxidation sites excluding steroid dienone is 9. The maximum Gasteiger partial charge on any atom is 0.305 e. The van der Waals surface area contributed by atoms with Crippen LogP contribution in [0.25, 0.3) is 0 Å². The van der Waals surface area contributed by atoms with Crippen molar-refractivity contribution in [1.29, 1.82) is 0 Å². The Morgan fingerprint density at radius 3 is 1.59 bits per heavy atom. The molecule has 4 bridgehead atoms. The number of unbranched alkanes of at least 4 members (excludes halogenated alkanes) is 8. The zero-order valence-electron chi connectivity index (χ0n) is 93.7. The molecule has 0 N–H and O–H groups in total. The van der Waals surface area contributed by atoms with Gasteiger partial charge in [-0.15, -0.1) is 6.58 Å². The van der Waals surface area contributed by atoms with E-state index in [9.17, 15) is 47.9 Å². The first-order valence-corrected chi connectivity index (χ1v) is 57.3. The SMILES string of the molecule is C=C(C)CC1CCC2C(C1=O)C(C)(C)C(C)C2(C)C.CC1C(C)(C)C2=C(C(=O)CCC2)C1(C)C.CC1C(C)(C)C2CCCC(=O)C2C1(C)C.CC1C(C)(C)c2ccc3c(c2C1(C)C)OC(C)(C)C3.CCCCCC1=CCCC1=O.CCCCCC1C(=O)CCC1CC(=O)OC.CCCCCC1CC=CC1=O.CCCCCC1CCCC1=O.O=C1C=CC2C3CCC(C3)C12.O=C1CCC2C3CCC(C3)C12. The molecule has 12 nitrogen and oxygen atoms in total. The number of rotatable bonds is 20. The van der Waals surface area contributed by atoms with Crippen LogP contribution in [0.15, 0.2) is 71.4 Å². The van der Waals surface area contributed by atoms with Crippen LogP contribution in [0, 0.1) is 157 Å². The van der Waals surface area contributed by atoms with E-state index in [-0.39, 0.29) is 73.1 Å². The highest BCUT2D eigenvalue weighted by atomic mass is 16.5. The monoisotopic (exact) mass is 1920 g/mol. The number of esters is 1. The second kappa shape index (κ2) is 48.3. The van der Waals surface area contributed by atoms with Gasteiger partial charge in [0.2, 0.25) is 0 Å². The van der Waals surface area contributed by atoms with Crippen molar-refractivity contribution in [2.24, 2.45) is 157 Å². The molecule has 0 aromatic heterocycles. The number of ketones is 9. The lowest BCUT2D eigenvalue weighted by molar-refractivity contribution is -0.142. The Hall–Kier alpha value is -5.78. The molecule has 1 aromatic carbocycles. The molecule has 18 aliphatic rings. The van der Waals surface area contributed by atoms with Gasteiger partial charge in [-0.25, -0.2) is 0 Å². The Morgan fingerprint density at radius 2 is 1.03 bits per heavy atom. The summed E-state index contributed by atoms with van der Waals surface area (Å²) in [5.74, 6) is 16.6. The molecule has 1 heterocycles. The lowest BCUT2D eigenvalue weighted by atomic mass is 9.64. The quantitative estimate of drug-likeness (QED) is 0.0683. The standard InChI is InChI=1S/C18H26O.C18H30O.C14H24O.C14H22O.C13H22O3.C10H14O.C10H12O.C10H18O.2C10H16O/c1-11-17(4,5)13-9-8-12-10-16(2,3)19-15(12)14(13)18(11,6)7;1-11(2)10-13-8-9-14-15(16(13)19)18(6,7)12(3)17(14,4)5;2*1-9-13(2,3)10-7-6-8-11(15)12(10)14(9,4)5;1-3-4-5-6-11-10(7-8-12(11)14)9-13(15)16-2;2*11-9-4-3-8-6-1-2-7(5-6)10(8)9;3*1-2-3-4-6-9-7-5-8-10(9)11/h8-9,11H,10H2,1-7H3;12-15H,1,8-10H2,2-7H3;9-10,12H,6-8H2,1-5H3;9H,6-8H2,1-5H3;10-11H,3-9H2,1-2H3;6-8,10H,1-5H2;3-4,6-8,10H,1-2,5H2;9H,2-8H2,1H3;7H,2-6,8H2,1H3;5,8-9H,2-4,6-7H2,1H3. The van der Waals surface area contributed by atoms with Crippen LogP contribution in [0.2, 0.25) is 0 Å². The third-order valence-electron chi connectivity index (χ3n) is 41.4. The van der Waals surface area contributed by atoms with Gasteiger partial charge in [-0.3, -0.25) is 47.9 Å². The van der Waals surface area contributed by atoms with Gasteiger partial charge in [0.1, 0.15) is 40.3 Å². The normalized spacial score (nSPS) is 33.9. The van der Waals surface area contributed by atoms with Crippen molar-refractivity contribution in [2.75, 3.05) is 7.11 Å². The minimum atomic E-state index is -0.180. The van der Waals surface area contributed by atoms with Crippen molar-refractivity contribution < 1.29 is 57.4 Å². The molecule has 0 amide bonds. The van der Waals surface area contributed by atoms with E-state index >= 15 is 0 Å². The van der Waals surface area contributed by atoms with Gasteiger partial charge in [-0.2, -0.15) is 0 Å². The number of carbonyl (C=O) groups excluding carboxylic acids is 10. The van der Waals surface area contributed by atoms with Crippen LogP contribution in [0.3, 0.4) is 0 Å². The second-order valence-corrected chi connectivity index (χ2v) is 52.9. The molecule has 780 valence electrons. The zero-order valence-corrected chi connectivity index (χ0v) is 93.7. The predicted octanol–water partition coefficient (Wildman–Crippen LogP) is 31.9. The molecular weight excluding hydrogens is 1720 g/mol. The van der Waals surface area contributed by atoms with E-state index in [0.717, 1.165) is 169 Å². The highest BCUT2D eigenvalue weighted by Gasteiger charge is 2.64. The molecule has 19 rings (SSSR count). The molecule has 17 aliphatic carbocycles. The number of Topliss-reactive ketones (excluding diaryl/α,β-unsaturated/α-hetero) is 7. The van der Waals surface area contributed by atoms with E-state index in [1.165, 1.54) is 176 Å². The third kappa shape index (κ3) is 25.7. The Morgan fingerprint density at radius 1 is 0.468 bits per heavy atom. The summed E-state index contributed by atoms with van der Waals surface area (Å²) in [5.41, 5.74) is 10.8. The maximum absolute atomic E-state index is 13.0. The van der Waals surface area contributed by atoms with Gasteiger partial charge in [0.25, 0.3) is 0 Å². The number of hydrogen-bond acceptors (Lipinski definition) is 12. The van der Waals surface area contributed by atoms with E-state index < -0.39 is 0 Å². The van der Waals surface area contributed by atoms with Gasteiger partial charge >= 0.3 is 5.97 Å². The van der Waals surface area contributed by atoms with E-state index in [2.05, 4.69) is 216 Å². The van der Waals surface area contributed by atoms with Crippen molar-refractivity contribution in [1.82, 2.24) is 0 Å². The zero-order chi connectivity index (χ0) is 103. The molecule has 0 radical (unpaired) electrons. The third-order valence-corrected chi connectivity index (χ3v) is 41.4. The molecule has 1 aliphatic heterocycles. The first-order valence-electron chi connectivity index (χ1n) is 57.3. The van der Waals surface area contributed by atoms with Crippen LogP contribution in [-0.4, -0.2) is 70.7 Å². The number of methoxy groups -OCH3 is 1. The molecule has 0 saturated heterocycles. The molecule has 11 fully saturated rings. The van der Waals surface area contributed by atoms with Crippen molar-refractivity contribution in [3.63, 3.8) is 0 Å². The molecule has 12 heteroatoms. The number of ether oxygens (including phenoxy) is 2. The summed E-state index contributed by atoms with van der Waals surface area (Å²) < 4.78 is 11.0. The Labute approximate surface area is 847 Å². The molecule has 11 saturated carbocycles. The molecule has 1 aromatic rings. The van der Waals surface area contributed by atoms with Crippen LogP contribution < -0.4 is 4.74 Å². The van der Waals surface area contributed by atoms with E-state index in [1.807, 2.05) is 19.1 Å². The Balaban J connectivity index is 0.000000160. The van der Waals surface area contributed by atoms with Gasteiger partial charge in [-0.1, -0.05) is 278 Å². The second-order valence-electron chi connectivity index (χ2n) is 52.9. The predicted molar refractivity (Wildman–Crippen MR) is 571 cm³/mol. The Bertz CT molecular complexity index is 4570. The van der Waals surface area contributed by atoms with E-state index in [0.29, 0.717) is 141 Å². The van der Waals surface area contributed by atoms with Crippen LogP contribution >= 0.6 is 0 Å². The van der Waals surface area contributed by atoms with Crippen molar-refractivity contribution in [3.05, 3.63) is 88.1 Å². The lowest BCUT2D eigenvalue weighted by Gasteiger charge is -2.39. The molecule has 21 unspecified atom stereocenters. The number of hydrogen-bond donors (Lipinski definition) is 0. The largest absolute Gasteiger partial charge is 0.487 e. The van der Waals surface area contributed by atoms with Gasteiger partial charge in [0.15, 0.2) is 23.1 Å². The summed E-state index contributed by atoms with van der Waals surface area (Å²) in [6.07, 6.45) is 57.3. The summed E-state index contributed by atoms with van der Waals surface area (Å²) in [6, 6.07) is 4.64. The molecule has 0 spiro atoms. The highest BCUT2D eigenvalue weighted by Crippen LogP contribution is 2.67. The van der Waals surface area contributed by atoms with Crippen molar-refractivity contribution in [3.8, 4) is 5.75 Å². The summed E-state index contributed by atoms with van der Waals surface area (Å²) in [6.45, 7) is 65.8.